The number of benzene rings is 3. The van der Waals surface area contributed by atoms with E-state index in [1.54, 1.807) is 34.9 Å². The minimum absolute atomic E-state index is 0.00693. The van der Waals surface area contributed by atoms with Crippen LogP contribution in [0.4, 0.5) is 10.1 Å². The van der Waals surface area contributed by atoms with Crippen molar-refractivity contribution in [2.45, 2.75) is 32.5 Å². The molecule has 0 spiro atoms. The number of thioether (sulfide) groups is 1. The Hall–Kier alpha value is -4.78. The van der Waals surface area contributed by atoms with Crippen LogP contribution in [-0.2, 0) is 11.3 Å². The zero-order chi connectivity index (χ0) is 31.5. The van der Waals surface area contributed by atoms with E-state index < -0.39 is 17.6 Å². The van der Waals surface area contributed by atoms with E-state index in [-0.39, 0.29) is 18.0 Å². The van der Waals surface area contributed by atoms with E-state index in [1.807, 2.05) is 39.0 Å². The Morgan fingerprint density at radius 3 is 2.20 bits per heavy atom. The molecule has 0 saturated heterocycles. The van der Waals surface area contributed by atoms with Gasteiger partial charge < -0.3 is 29.6 Å². The first-order valence-electron chi connectivity index (χ1n) is 14.0. The van der Waals surface area contributed by atoms with Gasteiger partial charge in [-0.1, -0.05) is 36.0 Å². The van der Waals surface area contributed by atoms with Gasteiger partial charge in [0.25, 0.3) is 5.91 Å². The molecule has 0 bridgehead atoms. The average Bonchev–Trinajstić information content (AvgIpc) is 3.44. The fourth-order valence-corrected chi connectivity index (χ4v) is 4.99. The van der Waals surface area contributed by atoms with E-state index in [4.69, 9.17) is 18.9 Å². The SMILES string of the molecule is CCOc1cc(C(=O)NCc2nnc(SCC(=O)Nc3ccccc3F)n2-c2ccccc2OC)cc(OCC)c1OCC. The molecule has 4 aromatic rings. The molecular weight excluding hydrogens is 589 g/mol. The van der Waals surface area contributed by atoms with Crippen LogP contribution < -0.4 is 29.6 Å². The fourth-order valence-electron chi connectivity index (χ4n) is 4.22. The molecule has 44 heavy (non-hydrogen) atoms. The fraction of sp³-hybridized carbons (Fsp3) is 0.290. The van der Waals surface area contributed by atoms with Crippen LogP contribution in [0.3, 0.4) is 0 Å². The molecule has 3 aromatic carbocycles. The second-order valence-electron chi connectivity index (χ2n) is 9.01. The Bertz CT molecular complexity index is 1570. The number of hydrogen-bond donors (Lipinski definition) is 2. The lowest BCUT2D eigenvalue weighted by molar-refractivity contribution is -0.113. The third-order valence-corrected chi connectivity index (χ3v) is 7.01. The molecule has 1 heterocycles. The zero-order valence-electron chi connectivity index (χ0n) is 24.9. The molecule has 0 aliphatic heterocycles. The normalized spacial score (nSPS) is 10.7. The molecule has 2 N–H and O–H groups in total. The number of carbonyl (C=O) groups excluding carboxylic acids is 2. The van der Waals surface area contributed by atoms with Crippen molar-refractivity contribution in [3.63, 3.8) is 0 Å². The summed E-state index contributed by atoms with van der Waals surface area (Å²) in [5.41, 5.74) is 1.00. The number of hydrogen-bond acceptors (Lipinski definition) is 9. The van der Waals surface area contributed by atoms with Crippen LogP contribution in [0.5, 0.6) is 23.0 Å². The van der Waals surface area contributed by atoms with Crippen molar-refractivity contribution in [2.75, 3.05) is 38.0 Å². The number of amides is 2. The van der Waals surface area contributed by atoms with Crippen LogP contribution in [0, 0.1) is 5.82 Å². The molecule has 13 heteroatoms. The quantitative estimate of drug-likeness (QED) is 0.170. The van der Waals surface area contributed by atoms with Gasteiger partial charge in [0, 0.05) is 5.56 Å². The van der Waals surface area contributed by atoms with Crippen LogP contribution in [0.15, 0.2) is 65.8 Å². The van der Waals surface area contributed by atoms with Gasteiger partial charge in [-0.15, -0.1) is 10.2 Å². The highest BCUT2D eigenvalue weighted by Crippen LogP contribution is 2.39. The number of nitrogens with one attached hydrogen (secondary N) is 2. The number of rotatable bonds is 15. The van der Waals surface area contributed by atoms with Gasteiger partial charge in [-0.2, -0.15) is 0 Å². The predicted octanol–water partition coefficient (Wildman–Crippen LogP) is 5.27. The molecule has 0 radical (unpaired) electrons. The second-order valence-corrected chi connectivity index (χ2v) is 9.95. The summed E-state index contributed by atoms with van der Waals surface area (Å²) in [5, 5.41) is 14.4. The largest absolute Gasteiger partial charge is 0.495 e. The molecule has 0 aliphatic carbocycles. The number of aromatic nitrogens is 3. The Kier molecular flexibility index (Phi) is 11.4. The first kappa shape index (κ1) is 32.1. The molecule has 0 unspecified atom stereocenters. The number of carbonyl (C=O) groups is 2. The second kappa shape index (κ2) is 15.6. The molecule has 1 aromatic heterocycles. The smallest absolute Gasteiger partial charge is 0.251 e. The maximum atomic E-state index is 14.0. The molecule has 4 rings (SSSR count). The van der Waals surface area contributed by atoms with E-state index >= 15 is 0 Å². The van der Waals surface area contributed by atoms with Gasteiger partial charge in [0.15, 0.2) is 22.5 Å². The minimum Gasteiger partial charge on any atom is -0.495 e. The Labute approximate surface area is 259 Å². The van der Waals surface area contributed by atoms with Gasteiger partial charge in [-0.3, -0.25) is 14.2 Å². The molecule has 0 atom stereocenters. The minimum atomic E-state index is -0.532. The molecular formula is C31H34FN5O6S. The molecule has 0 saturated carbocycles. The van der Waals surface area contributed by atoms with Gasteiger partial charge in [-0.25, -0.2) is 4.39 Å². The van der Waals surface area contributed by atoms with Crippen molar-refractivity contribution >= 4 is 29.3 Å². The van der Waals surface area contributed by atoms with Crippen molar-refractivity contribution < 1.29 is 32.9 Å². The van der Waals surface area contributed by atoms with Crippen molar-refractivity contribution in [2.24, 2.45) is 0 Å². The van der Waals surface area contributed by atoms with E-state index in [1.165, 1.54) is 19.2 Å². The molecule has 232 valence electrons. The highest BCUT2D eigenvalue weighted by atomic mass is 32.2. The Morgan fingerprint density at radius 1 is 0.886 bits per heavy atom. The van der Waals surface area contributed by atoms with E-state index in [0.717, 1.165) is 11.8 Å². The van der Waals surface area contributed by atoms with Crippen LogP contribution in [0.2, 0.25) is 0 Å². The number of para-hydroxylation sites is 3. The van der Waals surface area contributed by atoms with Crippen LogP contribution in [-0.4, -0.2) is 59.3 Å². The standard InChI is InChI=1S/C31H34FN5O6S/c1-5-41-25-16-20(17-26(42-6-2)29(25)43-7-3)30(39)33-18-27-35-36-31(37(27)23-14-10-11-15-24(23)40-4)44-19-28(38)34-22-13-9-8-12-21(22)32/h8-17H,5-7,18-19H2,1-4H3,(H,33,39)(H,34,38). The monoisotopic (exact) mass is 623 g/mol. The first-order valence-corrected chi connectivity index (χ1v) is 15.0. The summed E-state index contributed by atoms with van der Waals surface area (Å²) in [7, 11) is 1.54. The van der Waals surface area contributed by atoms with Crippen LogP contribution in [0.1, 0.15) is 37.0 Å². The molecule has 0 fully saturated rings. The predicted molar refractivity (Wildman–Crippen MR) is 165 cm³/mol. The maximum absolute atomic E-state index is 14.0. The average molecular weight is 624 g/mol. The van der Waals surface area contributed by atoms with Crippen LogP contribution in [0.25, 0.3) is 5.69 Å². The highest BCUT2D eigenvalue weighted by Gasteiger charge is 2.22. The van der Waals surface area contributed by atoms with E-state index in [0.29, 0.717) is 65.1 Å². The maximum Gasteiger partial charge on any atom is 0.251 e. The van der Waals surface area contributed by atoms with Crippen molar-refractivity contribution in [1.82, 2.24) is 20.1 Å². The Balaban J connectivity index is 1.58. The summed E-state index contributed by atoms with van der Waals surface area (Å²) in [4.78, 5) is 26.0. The first-order chi connectivity index (χ1) is 21.4. The van der Waals surface area contributed by atoms with Crippen molar-refractivity contribution in [3.05, 3.63) is 77.9 Å². The number of halogens is 1. The summed E-state index contributed by atoms with van der Waals surface area (Å²) in [5.74, 6) is 0.733. The van der Waals surface area contributed by atoms with Gasteiger partial charge in [0.2, 0.25) is 11.7 Å². The summed E-state index contributed by atoms with van der Waals surface area (Å²) in [6.07, 6.45) is 0. The molecule has 0 aliphatic rings. The number of anilines is 1. The number of nitrogens with zero attached hydrogens (tertiary/aromatic N) is 3. The van der Waals surface area contributed by atoms with Gasteiger partial charge in [0.1, 0.15) is 11.6 Å². The third kappa shape index (κ3) is 7.78. The summed E-state index contributed by atoms with van der Waals surface area (Å²) >= 11 is 1.11. The number of ether oxygens (including phenoxy) is 4. The summed E-state index contributed by atoms with van der Waals surface area (Å²) in [6, 6.07) is 16.4. The lowest BCUT2D eigenvalue weighted by Crippen LogP contribution is -2.25. The lowest BCUT2D eigenvalue weighted by Gasteiger charge is -2.17. The summed E-state index contributed by atoms with van der Waals surface area (Å²) in [6.45, 7) is 6.67. The number of methoxy groups -OCH3 is 1. The van der Waals surface area contributed by atoms with Crippen molar-refractivity contribution in [3.8, 4) is 28.7 Å². The van der Waals surface area contributed by atoms with Crippen molar-refractivity contribution in [1.29, 1.82) is 0 Å². The highest BCUT2D eigenvalue weighted by molar-refractivity contribution is 7.99. The Morgan fingerprint density at radius 2 is 1.55 bits per heavy atom. The van der Waals surface area contributed by atoms with Gasteiger partial charge >= 0.3 is 0 Å². The van der Waals surface area contributed by atoms with E-state index in [9.17, 15) is 14.0 Å². The third-order valence-electron chi connectivity index (χ3n) is 6.09. The summed E-state index contributed by atoms with van der Waals surface area (Å²) < 4.78 is 38.5. The molecule has 2 amide bonds. The lowest BCUT2D eigenvalue weighted by atomic mass is 10.1. The van der Waals surface area contributed by atoms with Gasteiger partial charge in [-0.05, 0) is 57.2 Å². The zero-order valence-corrected chi connectivity index (χ0v) is 25.7. The molecule has 11 nitrogen and oxygen atoms in total. The topological polar surface area (TPSA) is 126 Å². The van der Waals surface area contributed by atoms with Gasteiger partial charge in [0.05, 0.1) is 50.6 Å². The van der Waals surface area contributed by atoms with Crippen LogP contribution >= 0.6 is 11.8 Å². The van der Waals surface area contributed by atoms with E-state index in [2.05, 4.69) is 20.8 Å².